The number of nitrogens with one attached hydrogen (secondary N) is 2. The normalized spacial score (nSPS) is 19.6. The molecule has 0 saturated carbocycles. The molecule has 1 heterocycles. The van der Waals surface area contributed by atoms with Crippen LogP contribution in [0.5, 0.6) is 0 Å². The van der Waals surface area contributed by atoms with Gasteiger partial charge in [0, 0.05) is 23.1 Å². The number of carbonyl (C=O) groups excluding carboxylic acids is 3. The molecule has 1 unspecified atom stereocenters. The average Bonchev–Trinajstić information content (AvgIpc) is 2.82. The average molecular weight is 445 g/mol. The molecule has 0 radical (unpaired) electrons. The topological polar surface area (TPSA) is 102 Å². The number of hydrogen-bond acceptors (Lipinski definition) is 5. The van der Waals surface area contributed by atoms with Crippen LogP contribution in [0.2, 0.25) is 0 Å². The Labute approximate surface area is 164 Å². The molecule has 1 aliphatic heterocycles. The lowest BCUT2D eigenvalue weighted by atomic mass is 10.00. The molecule has 1 atom stereocenters. The first-order chi connectivity index (χ1) is 12.7. The Kier molecular flexibility index (Phi) is 6.90. The van der Waals surface area contributed by atoms with Gasteiger partial charge in [-0.15, -0.1) is 0 Å². The van der Waals surface area contributed by atoms with Crippen LogP contribution in [0.1, 0.15) is 25.8 Å². The molecule has 1 aliphatic rings. The van der Waals surface area contributed by atoms with Gasteiger partial charge in [-0.2, -0.15) is 5.01 Å². The lowest BCUT2D eigenvalue weighted by Gasteiger charge is -2.23. The fourth-order valence-corrected chi connectivity index (χ4v) is 3.06. The second-order valence-corrected chi connectivity index (χ2v) is 7.38. The van der Waals surface area contributed by atoms with E-state index in [1.807, 2.05) is 0 Å². The van der Waals surface area contributed by atoms with Gasteiger partial charge in [0.15, 0.2) is 0 Å². The van der Waals surface area contributed by atoms with Crippen molar-refractivity contribution in [3.63, 3.8) is 0 Å². The predicted molar refractivity (Wildman–Crippen MR) is 98.7 cm³/mol. The number of rotatable bonds is 8. The highest BCUT2D eigenvalue weighted by atomic mass is 79.9. The summed E-state index contributed by atoms with van der Waals surface area (Å²) in [7, 11) is 0. The smallest absolute Gasteiger partial charge is 0.344 e. The number of amides is 4. The number of imide groups is 1. The number of halogens is 2. The number of carbonyl (C=O) groups is 3. The molecule has 1 aromatic rings. The van der Waals surface area contributed by atoms with Gasteiger partial charge < -0.3 is 10.4 Å². The van der Waals surface area contributed by atoms with Crippen molar-refractivity contribution >= 4 is 33.8 Å². The van der Waals surface area contributed by atoms with Gasteiger partial charge in [0.25, 0.3) is 11.8 Å². The highest BCUT2D eigenvalue weighted by Crippen LogP contribution is 2.19. The summed E-state index contributed by atoms with van der Waals surface area (Å²) in [6.07, 6.45) is 0.378. The molecule has 1 fully saturated rings. The molecule has 0 bridgehead atoms. The van der Waals surface area contributed by atoms with E-state index in [-0.39, 0.29) is 26.2 Å². The van der Waals surface area contributed by atoms with Gasteiger partial charge in [-0.05, 0) is 31.5 Å². The van der Waals surface area contributed by atoms with Crippen LogP contribution in [-0.2, 0) is 16.1 Å². The van der Waals surface area contributed by atoms with Gasteiger partial charge in [0.2, 0.25) is 0 Å². The molecule has 4 amide bonds. The Balaban J connectivity index is 2.04. The first-order valence-corrected chi connectivity index (χ1v) is 9.22. The van der Waals surface area contributed by atoms with Crippen molar-refractivity contribution in [1.82, 2.24) is 20.7 Å². The van der Waals surface area contributed by atoms with Crippen LogP contribution in [0.25, 0.3) is 0 Å². The van der Waals surface area contributed by atoms with Gasteiger partial charge in [0.1, 0.15) is 11.4 Å². The molecule has 0 aliphatic carbocycles. The van der Waals surface area contributed by atoms with Gasteiger partial charge in [-0.3, -0.25) is 19.9 Å². The molecule has 148 valence electrons. The summed E-state index contributed by atoms with van der Waals surface area (Å²) in [5.74, 6) is -1.60. The Morgan fingerprint density at radius 2 is 2.15 bits per heavy atom. The number of aliphatic hydroxyl groups excluding tert-OH is 1. The Morgan fingerprint density at radius 1 is 1.44 bits per heavy atom. The second kappa shape index (κ2) is 8.77. The number of aliphatic hydroxyl groups is 1. The van der Waals surface area contributed by atoms with Crippen molar-refractivity contribution in [3.8, 4) is 0 Å². The lowest BCUT2D eigenvalue weighted by Crippen LogP contribution is -2.51. The molecule has 0 aromatic heterocycles. The van der Waals surface area contributed by atoms with E-state index in [0.717, 1.165) is 0 Å². The largest absolute Gasteiger partial charge is 0.395 e. The predicted octanol–water partition coefficient (Wildman–Crippen LogP) is 1.13. The maximum atomic E-state index is 13.9. The minimum absolute atomic E-state index is 0.0755. The van der Waals surface area contributed by atoms with Crippen molar-refractivity contribution in [2.24, 2.45) is 0 Å². The summed E-state index contributed by atoms with van der Waals surface area (Å²) >= 11 is 3.26. The van der Waals surface area contributed by atoms with Gasteiger partial charge in [0.05, 0.1) is 13.2 Å². The van der Waals surface area contributed by atoms with E-state index >= 15 is 0 Å². The second-order valence-electron chi connectivity index (χ2n) is 6.46. The van der Waals surface area contributed by atoms with Crippen molar-refractivity contribution in [2.75, 3.05) is 19.7 Å². The first-order valence-electron chi connectivity index (χ1n) is 8.43. The van der Waals surface area contributed by atoms with Crippen LogP contribution >= 0.6 is 15.9 Å². The van der Waals surface area contributed by atoms with Gasteiger partial charge >= 0.3 is 6.03 Å². The van der Waals surface area contributed by atoms with E-state index in [4.69, 9.17) is 0 Å². The molecule has 8 nitrogen and oxygen atoms in total. The summed E-state index contributed by atoms with van der Waals surface area (Å²) in [5.41, 5.74) is 1.56. The zero-order valence-electron chi connectivity index (χ0n) is 15.1. The van der Waals surface area contributed by atoms with Crippen molar-refractivity contribution in [2.45, 2.75) is 32.4 Å². The number of benzene rings is 1. The molecular weight excluding hydrogens is 423 g/mol. The van der Waals surface area contributed by atoms with Gasteiger partial charge in [-0.1, -0.05) is 22.9 Å². The summed E-state index contributed by atoms with van der Waals surface area (Å²) in [6, 6.07) is 3.74. The minimum Gasteiger partial charge on any atom is -0.395 e. The number of hydrazine groups is 1. The third-order valence-corrected chi connectivity index (χ3v) is 4.88. The molecule has 1 aromatic carbocycles. The molecule has 0 spiro atoms. The van der Waals surface area contributed by atoms with E-state index in [0.29, 0.717) is 21.5 Å². The Hall–Kier alpha value is -2.04. The highest BCUT2D eigenvalue weighted by molar-refractivity contribution is 9.10. The fraction of sp³-hybridized carbons (Fsp3) is 0.471. The molecule has 10 heteroatoms. The van der Waals surface area contributed by atoms with E-state index in [1.165, 1.54) is 11.0 Å². The van der Waals surface area contributed by atoms with Crippen LogP contribution in [0.15, 0.2) is 22.7 Å². The summed E-state index contributed by atoms with van der Waals surface area (Å²) < 4.78 is 14.6. The lowest BCUT2D eigenvalue weighted by molar-refractivity contribution is -0.139. The van der Waals surface area contributed by atoms with E-state index < -0.39 is 29.2 Å². The third-order valence-electron chi connectivity index (χ3n) is 4.39. The third kappa shape index (κ3) is 5.02. The van der Waals surface area contributed by atoms with Crippen LogP contribution < -0.4 is 10.7 Å². The van der Waals surface area contributed by atoms with Crippen LogP contribution in [-0.4, -0.2) is 58.1 Å². The van der Waals surface area contributed by atoms with E-state index in [2.05, 4.69) is 26.7 Å². The summed E-state index contributed by atoms with van der Waals surface area (Å²) in [6.45, 7) is 3.05. The fourth-order valence-electron chi connectivity index (χ4n) is 2.65. The summed E-state index contributed by atoms with van der Waals surface area (Å²) in [5, 5.41) is 12.4. The highest BCUT2D eigenvalue weighted by Gasteiger charge is 2.47. The zero-order valence-corrected chi connectivity index (χ0v) is 16.7. The molecule has 27 heavy (non-hydrogen) atoms. The van der Waals surface area contributed by atoms with E-state index in [1.54, 1.807) is 26.0 Å². The van der Waals surface area contributed by atoms with Crippen LogP contribution in [0.3, 0.4) is 0 Å². The monoisotopic (exact) mass is 444 g/mol. The Morgan fingerprint density at radius 3 is 2.74 bits per heavy atom. The van der Waals surface area contributed by atoms with Crippen molar-refractivity contribution in [1.29, 1.82) is 0 Å². The van der Waals surface area contributed by atoms with Crippen LogP contribution in [0, 0.1) is 5.82 Å². The number of urea groups is 1. The van der Waals surface area contributed by atoms with E-state index in [9.17, 15) is 23.9 Å². The Bertz CT molecular complexity index is 748. The molecule has 2 rings (SSSR count). The molecule has 3 N–H and O–H groups in total. The number of hydrogen-bond donors (Lipinski definition) is 3. The maximum Gasteiger partial charge on any atom is 0.344 e. The molecule has 1 saturated heterocycles. The minimum atomic E-state index is -1.06. The quantitative estimate of drug-likeness (QED) is 0.521. The summed E-state index contributed by atoms with van der Waals surface area (Å²) in [4.78, 5) is 38.1. The molecular formula is C17H22BrFN4O4. The first kappa shape index (κ1) is 21.3. The maximum absolute atomic E-state index is 13.9. The number of nitrogens with zero attached hydrogens (tertiary/aromatic N) is 2. The van der Waals surface area contributed by atoms with Crippen molar-refractivity contribution in [3.05, 3.63) is 34.1 Å². The zero-order chi connectivity index (χ0) is 20.2. The SMILES string of the molecule is CCC1(C)NC(=O)N(NC(=O)CN(CCO)Cc2cc(Br)ccc2F)C1=O. The standard InChI is InChI=1S/C17H22BrFN4O4/c1-3-17(2)15(26)23(16(27)20-17)21-14(25)10-22(6-7-24)9-11-8-12(18)4-5-13(11)19/h4-5,8,24H,3,6-7,9-10H2,1-2H3,(H,20,27)(H,21,25). The van der Waals surface area contributed by atoms with Crippen molar-refractivity contribution < 1.29 is 23.9 Å². The van der Waals surface area contributed by atoms with Crippen LogP contribution in [0.4, 0.5) is 9.18 Å². The van der Waals surface area contributed by atoms with Gasteiger partial charge in [-0.25, -0.2) is 9.18 Å².